The zero-order valence-corrected chi connectivity index (χ0v) is 11.0. The van der Waals surface area contributed by atoms with Crippen LogP contribution in [0.2, 0.25) is 0 Å². The molecular weight excluding hydrogens is 260 g/mol. The molecule has 1 heterocycles. The number of aldehydes is 1. The van der Waals surface area contributed by atoms with Gasteiger partial charge >= 0.3 is 0 Å². The van der Waals surface area contributed by atoms with E-state index in [-0.39, 0.29) is 11.6 Å². The van der Waals surface area contributed by atoms with E-state index < -0.39 is 4.92 Å². The third-order valence-electron chi connectivity index (χ3n) is 2.76. The van der Waals surface area contributed by atoms with Crippen LogP contribution in [0.4, 0.5) is 5.69 Å². The number of nitrogens with zero attached hydrogens (tertiary/aromatic N) is 2. The minimum absolute atomic E-state index is 0.0953. The van der Waals surface area contributed by atoms with Crippen molar-refractivity contribution in [2.45, 2.75) is 13.8 Å². The molecule has 0 aliphatic carbocycles. The van der Waals surface area contributed by atoms with Gasteiger partial charge in [0.1, 0.15) is 18.2 Å². The van der Waals surface area contributed by atoms with Gasteiger partial charge in [0.25, 0.3) is 5.69 Å². The molecule has 0 bridgehead atoms. The second-order valence-corrected chi connectivity index (χ2v) is 4.32. The summed E-state index contributed by atoms with van der Waals surface area (Å²) in [5.41, 5.74) is 2.07. The van der Waals surface area contributed by atoms with Gasteiger partial charge in [0, 0.05) is 17.7 Å². The Balaban J connectivity index is 2.30. The zero-order valence-electron chi connectivity index (χ0n) is 11.0. The van der Waals surface area contributed by atoms with E-state index in [1.54, 1.807) is 12.1 Å². The van der Waals surface area contributed by atoms with Crippen molar-refractivity contribution in [3.05, 3.63) is 57.3 Å². The maximum absolute atomic E-state index is 10.8. The first-order valence-electron chi connectivity index (χ1n) is 5.86. The van der Waals surface area contributed by atoms with E-state index in [4.69, 9.17) is 4.74 Å². The van der Waals surface area contributed by atoms with Crippen LogP contribution in [0.1, 0.15) is 21.5 Å². The van der Waals surface area contributed by atoms with Crippen LogP contribution in [0.5, 0.6) is 11.6 Å². The van der Waals surface area contributed by atoms with E-state index in [1.807, 2.05) is 13.8 Å². The van der Waals surface area contributed by atoms with Gasteiger partial charge in [0.15, 0.2) is 0 Å². The largest absolute Gasteiger partial charge is 0.438 e. The molecule has 0 saturated heterocycles. The number of aryl methyl sites for hydroxylation is 2. The molecule has 6 heteroatoms. The molecule has 2 rings (SSSR count). The maximum atomic E-state index is 10.8. The smallest absolute Gasteiger partial charge is 0.287 e. The summed E-state index contributed by atoms with van der Waals surface area (Å²) < 4.78 is 5.62. The standard InChI is InChI=1S/C14H12N2O4/c1-9-5-11(8-17)6-10(2)14(9)20-13-4-3-12(7-15-13)16(18)19/h3-8H,1-2H3. The molecule has 0 aliphatic rings. The minimum atomic E-state index is -0.522. The van der Waals surface area contributed by atoms with Crippen molar-refractivity contribution >= 4 is 12.0 Å². The molecular formula is C14H12N2O4. The van der Waals surface area contributed by atoms with Gasteiger partial charge in [0.2, 0.25) is 5.88 Å². The van der Waals surface area contributed by atoms with E-state index >= 15 is 0 Å². The lowest BCUT2D eigenvalue weighted by Crippen LogP contribution is -1.96. The van der Waals surface area contributed by atoms with Gasteiger partial charge in [-0.15, -0.1) is 0 Å². The van der Waals surface area contributed by atoms with Crippen molar-refractivity contribution in [1.82, 2.24) is 4.98 Å². The molecule has 102 valence electrons. The Bertz CT molecular complexity index is 642. The normalized spacial score (nSPS) is 10.1. The Morgan fingerprint density at radius 1 is 1.25 bits per heavy atom. The van der Waals surface area contributed by atoms with Crippen molar-refractivity contribution in [3.63, 3.8) is 0 Å². The molecule has 0 atom stereocenters. The predicted octanol–water partition coefficient (Wildman–Crippen LogP) is 3.21. The fraction of sp³-hybridized carbons (Fsp3) is 0.143. The van der Waals surface area contributed by atoms with Crippen LogP contribution in [0.3, 0.4) is 0 Å². The highest BCUT2D eigenvalue weighted by molar-refractivity contribution is 5.76. The second-order valence-electron chi connectivity index (χ2n) is 4.32. The van der Waals surface area contributed by atoms with Crippen LogP contribution >= 0.6 is 0 Å². The molecule has 0 radical (unpaired) electrons. The predicted molar refractivity (Wildman–Crippen MR) is 72.3 cm³/mol. The van der Waals surface area contributed by atoms with Crippen LogP contribution in [-0.4, -0.2) is 16.2 Å². The first-order valence-corrected chi connectivity index (χ1v) is 5.86. The number of carbonyl (C=O) groups excluding carboxylic acids is 1. The van der Waals surface area contributed by atoms with Gasteiger partial charge in [-0.1, -0.05) is 0 Å². The summed E-state index contributed by atoms with van der Waals surface area (Å²) >= 11 is 0. The molecule has 6 nitrogen and oxygen atoms in total. The lowest BCUT2D eigenvalue weighted by molar-refractivity contribution is -0.385. The number of aromatic nitrogens is 1. The average Bonchev–Trinajstić information content (AvgIpc) is 2.43. The van der Waals surface area contributed by atoms with Gasteiger partial charge < -0.3 is 4.74 Å². The lowest BCUT2D eigenvalue weighted by Gasteiger charge is -2.11. The molecule has 0 unspecified atom stereocenters. The van der Waals surface area contributed by atoms with Gasteiger partial charge in [-0.25, -0.2) is 4.98 Å². The van der Waals surface area contributed by atoms with Crippen LogP contribution in [0.25, 0.3) is 0 Å². The van der Waals surface area contributed by atoms with E-state index in [1.165, 1.54) is 12.1 Å². The van der Waals surface area contributed by atoms with Crippen LogP contribution < -0.4 is 4.74 Å². The van der Waals surface area contributed by atoms with Gasteiger partial charge in [0.05, 0.1) is 4.92 Å². The Labute approximate surface area is 115 Å². The molecule has 0 amide bonds. The van der Waals surface area contributed by atoms with Crippen LogP contribution in [0, 0.1) is 24.0 Å². The fourth-order valence-electron chi connectivity index (χ4n) is 1.86. The fourth-order valence-corrected chi connectivity index (χ4v) is 1.86. The van der Waals surface area contributed by atoms with E-state index in [0.717, 1.165) is 23.6 Å². The number of nitro groups is 1. The highest BCUT2D eigenvalue weighted by atomic mass is 16.6. The zero-order chi connectivity index (χ0) is 14.7. The quantitative estimate of drug-likeness (QED) is 0.485. The summed E-state index contributed by atoms with van der Waals surface area (Å²) in [5, 5.41) is 10.5. The Morgan fingerprint density at radius 2 is 1.90 bits per heavy atom. The average molecular weight is 272 g/mol. The van der Waals surface area contributed by atoms with Crippen molar-refractivity contribution in [2.75, 3.05) is 0 Å². The first kappa shape index (κ1) is 13.7. The SMILES string of the molecule is Cc1cc(C=O)cc(C)c1Oc1ccc([N+](=O)[O-])cn1. The third-order valence-corrected chi connectivity index (χ3v) is 2.76. The van der Waals surface area contributed by atoms with E-state index in [9.17, 15) is 14.9 Å². The number of pyridine rings is 1. The van der Waals surface area contributed by atoms with Gasteiger partial charge in [-0.05, 0) is 37.1 Å². The van der Waals surface area contributed by atoms with Gasteiger partial charge in [-0.3, -0.25) is 14.9 Å². The highest BCUT2D eigenvalue weighted by Crippen LogP contribution is 2.29. The summed E-state index contributed by atoms with van der Waals surface area (Å²) in [6.45, 7) is 3.64. The Kier molecular flexibility index (Phi) is 3.74. The number of carbonyl (C=O) groups is 1. The summed E-state index contributed by atoms with van der Waals surface area (Å²) in [5.74, 6) is 0.859. The number of ether oxygens (including phenoxy) is 1. The topological polar surface area (TPSA) is 82.3 Å². The van der Waals surface area contributed by atoms with Crippen LogP contribution in [-0.2, 0) is 0 Å². The molecule has 1 aromatic carbocycles. The molecule has 0 spiro atoms. The summed E-state index contributed by atoms with van der Waals surface area (Å²) in [4.78, 5) is 24.7. The van der Waals surface area contributed by atoms with E-state index in [2.05, 4.69) is 4.98 Å². The van der Waals surface area contributed by atoms with E-state index in [0.29, 0.717) is 11.3 Å². The third kappa shape index (κ3) is 2.80. The maximum Gasteiger partial charge on any atom is 0.287 e. The molecule has 2 aromatic rings. The molecule has 20 heavy (non-hydrogen) atoms. The number of hydrogen-bond acceptors (Lipinski definition) is 5. The van der Waals surface area contributed by atoms with Crippen molar-refractivity contribution in [2.24, 2.45) is 0 Å². The summed E-state index contributed by atoms with van der Waals surface area (Å²) in [7, 11) is 0. The van der Waals surface area contributed by atoms with Crippen LogP contribution in [0.15, 0.2) is 30.5 Å². The summed E-state index contributed by atoms with van der Waals surface area (Å²) in [6.07, 6.45) is 1.91. The lowest BCUT2D eigenvalue weighted by atomic mass is 10.1. The monoisotopic (exact) mass is 272 g/mol. The van der Waals surface area contributed by atoms with Crippen molar-refractivity contribution in [1.29, 1.82) is 0 Å². The molecule has 1 aromatic heterocycles. The first-order chi connectivity index (χ1) is 9.51. The van der Waals surface area contributed by atoms with Crippen molar-refractivity contribution < 1.29 is 14.5 Å². The molecule has 0 N–H and O–H groups in total. The molecule has 0 aliphatic heterocycles. The Morgan fingerprint density at radius 3 is 2.35 bits per heavy atom. The van der Waals surface area contributed by atoms with Gasteiger partial charge in [-0.2, -0.15) is 0 Å². The second kappa shape index (κ2) is 5.48. The highest BCUT2D eigenvalue weighted by Gasteiger charge is 2.10. The number of rotatable bonds is 4. The molecule has 0 saturated carbocycles. The number of hydrogen-bond donors (Lipinski definition) is 0. The minimum Gasteiger partial charge on any atom is -0.438 e. The Hall–Kier alpha value is -2.76. The number of benzene rings is 1. The van der Waals surface area contributed by atoms with Crippen molar-refractivity contribution in [3.8, 4) is 11.6 Å². The molecule has 0 fully saturated rings. The summed E-state index contributed by atoms with van der Waals surface area (Å²) in [6, 6.07) is 6.18.